The van der Waals surface area contributed by atoms with E-state index in [1.54, 1.807) is 30.5 Å². The second kappa shape index (κ2) is 50.7. The maximum absolute atomic E-state index is 14.9. The minimum absolute atomic E-state index is 0.00542. The Morgan fingerprint density at radius 1 is 0.563 bits per heavy atom. The number of aliphatic hydroxyl groups is 2. The van der Waals surface area contributed by atoms with Gasteiger partial charge in [0.05, 0.1) is 45.4 Å². The molecule has 1 aliphatic heterocycles. The fourth-order valence-corrected chi connectivity index (χ4v) is 12.2. The number of esters is 1. The number of ketones is 1. The summed E-state index contributed by atoms with van der Waals surface area (Å²) in [6, 6.07) is -9.93. The number of unbranched alkanes of at least 4 members (excludes halogenated alkanes) is 6. The number of aliphatic hydroxyl groups excluding tert-OH is 2. The number of carbonyl (C=O) groups excluding carboxylic acids is 17. The first-order valence-electron chi connectivity index (χ1n) is 38.5. The van der Waals surface area contributed by atoms with Crippen molar-refractivity contribution < 1.29 is 126 Å². The highest BCUT2D eigenvalue weighted by Crippen LogP contribution is 2.22. The lowest BCUT2D eigenvalue weighted by atomic mass is 9.96. The largest absolute Gasteiger partial charge is 0.481 e. The van der Waals surface area contributed by atoms with E-state index in [4.69, 9.17) is 21.9 Å². The minimum atomic E-state index is -2.37. The van der Waals surface area contributed by atoms with Crippen LogP contribution in [0.5, 0.6) is 0 Å². The molecule has 1 fully saturated rings. The Morgan fingerprint density at radius 2 is 1.13 bits per heavy atom. The number of nitrogens with one attached hydrogen (secondary N) is 15. The summed E-state index contributed by atoms with van der Waals surface area (Å²) < 4.78 is 5.74. The van der Waals surface area contributed by atoms with Gasteiger partial charge in [-0.25, -0.2) is 4.79 Å². The van der Waals surface area contributed by atoms with Crippen LogP contribution >= 0.6 is 0 Å². The summed E-state index contributed by atoms with van der Waals surface area (Å²) in [5.74, 6) is -27.9. The van der Waals surface area contributed by atoms with Crippen molar-refractivity contribution in [1.82, 2.24) is 79.4 Å². The summed E-state index contributed by atoms with van der Waals surface area (Å²) >= 11 is 0. The van der Waals surface area contributed by atoms with Gasteiger partial charge in [-0.1, -0.05) is 82.7 Å². The Labute approximate surface area is 682 Å². The van der Waals surface area contributed by atoms with E-state index in [1.807, 2.05) is 16.0 Å². The molecule has 44 nitrogen and oxygen atoms in total. The minimum Gasteiger partial charge on any atom is -0.481 e. The SMILES string of the molecule is CCCCCCCCCC(=O)N[C@@H](Cc1c[nH]c2ccccc12)C(=O)N[C@@H](CC(N)=O)C(=O)N[C@@H](CCO)C(=O)N[C@@H]1C(=O)NCC(=O)N[C@@H](CCCNC(=O)CCN)C(=O)N[C@@H](CC(=O)O)C(=O)N[C@H](C)C(=O)N[C@@H](CC(=O)O)C(=O)NCC(=O)N[C@H](CO)C(=O)N[C@@H]([C@H](C)CC(=O)O)C(=O)N[C@@H](CC(=O)c2ccccc2N)C(=O)O[C@@H]1C. The molecule has 0 saturated carbocycles. The van der Waals surface area contributed by atoms with E-state index in [2.05, 4.69) is 70.4 Å². The van der Waals surface area contributed by atoms with Gasteiger partial charge < -0.3 is 127 Å². The number of fused-ring (bicyclic) bond motifs is 1. The lowest BCUT2D eigenvalue weighted by Crippen LogP contribution is -2.61. The number of anilines is 1. The number of cyclic esters (lactones) is 1. The zero-order valence-corrected chi connectivity index (χ0v) is 66.2. The molecule has 1 aliphatic rings. The van der Waals surface area contributed by atoms with Crippen LogP contribution in [0.25, 0.3) is 10.9 Å². The van der Waals surface area contributed by atoms with E-state index in [9.17, 15) is 121 Å². The molecule has 0 radical (unpaired) electrons. The van der Waals surface area contributed by atoms with Crippen molar-refractivity contribution >= 4 is 135 Å². The van der Waals surface area contributed by atoms with Gasteiger partial charge in [0, 0.05) is 73.7 Å². The molecular formula is C75H108N18O26. The molecule has 44 heteroatoms. The molecule has 0 spiro atoms. The van der Waals surface area contributed by atoms with Crippen molar-refractivity contribution in [3.63, 3.8) is 0 Å². The maximum Gasteiger partial charge on any atom is 0.329 e. The van der Waals surface area contributed by atoms with Crippen LogP contribution < -0.4 is 91.6 Å². The summed E-state index contributed by atoms with van der Waals surface area (Å²) in [4.78, 5) is 277. The Hall–Kier alpha value is -12.7. The molecule has 15 amide bonds. The van der Waals surface area contributed by atoms with Gasteiger partial charge in [0.1, 0.15) is 72.6 Å². The summed E-state index contributed by atoms with van der Waals surface area (Å²) in [6.07, 6.45) is -1.71. The number of nitrogens with two attached hydrogens (primary N) is 3. The number of nitrogen functional groups attached to an aromatic ring is 1. The second-order valence-electron chi connectivity index (χ2n) is 28.3. The maximum atomic E-state index is 14.9. The first-order chi connectivity index (χ1) is 56.4. The molecule has 4 rings (SSSR count). The molecule has 2 aromatic carbocycles. The van der Waals surface area contributed by atoms with Gasteiger partial charge in [0.25, 0.3) is 0 Å². The zero-order chi connectivity index (χ0) is 88.6. The predicted molar refractivity (Wildman–Crippen MR) is 417 cm³/mol. The third kappa shape index (κ3) is 34.5. The van der Waals surface area contributed by atoms with Crippen LogP contribution in [0, 0.1) is 5.92 Å². The predicted octanol–water partition coefficient (Wildman–Crippen LogP) is -6.21. The molecule has 3 aromatic rings. The monoisotopic (exact) mass is 1680 g/mol. The number of benzene rings is 2. The number of ether oxygens (including phenoxy) is 1. The summed E-state index contributed by atoms with van der Waals surface area (Å²) in [5.41, 5.74) is 18.0. The number of aromatic nitrogens is 1. The Bertz CT molecular complexity index is 4120. The summed E-state index contributed by atoms with van der Waals surface area (Å²) in [7, 11) is 0. The fourth-order valence-electron chi connectivity index (χ4n) is 12.2. The lowest BCUT2D eigenvalue weighted by molar-refractivity contribution is -0.156. The standard InChI is InChI=1S/C75H108N18O26/c1-5-6-7-8-9-10-11-22-57(99)85-48(29-41-34-80-45-20-15-13-17-42(41)45)70(113)89-49(31-55(78)97)71(114)87-47(24-27-94)68(111)93-64-40(4)119-75(118)52(30-54(96)43-18-12-14-19-44(43)77)91-74(117)63(38(2)28-60(102)103)92-72(115)53(37-95)86-59(101)35-81-66(109)50(32-61(104)105)88-65(108)39(3)83-69(112)51(33-62(106)107)90-67(110)46(84-58(100)36-82-73(64)116)21-16-26-79-56(98)23-25-76/h12-15,17-20,34,38-40,46-53,63-64,80,94-95H,5-11,16,21-33,35-37,76-77H2,1-4H3,(H2,78,97)(H,79,98)(H,81,109)(H,82,116)(H,83,112)(H,84,100)(H,85,99)(H,86,101)(H,87,114)(H,88,108)(H,89,113)(H,90,110)(H,91,117)(H,92,115)(H,93,111)(H,102,103)(H,104,105)(H,106,107)/t38-,39-,40-,46+,47+,48+,49+,50+,51+,52+,53-,63+,64+/m1/s1. The van der Waals surface area contributed by atoms with Crippen molar-refractivity contribution in [2.24, 2.45) is 17.4 Å². The van der Waals surface area contributed by atoms with Gasteiger partial charge in [-0.3, -0.25) is 91.1 Å². The molecule has 1 saturated heterocycles. The third-order valence-corrected chi connectivity index (χ3v) is 18.6. The van der Waals surface area contributed by atoms with E-state index < -0.39 is 268 Å². The first-order valence-corrected chi connectivity index (χ1v) is 38.5. The van der Waals surface area contributed by atoms with Gasteiger partial charge in [0.2, 0.25) is 88.6 Å². The number of amides is 15. The number of para-hydroxylation sites is 2. The molecule has 0 bridgehead atoms. The Morgan fingerprint density at radius 3 is 1.76 bits per heavy atom. The molecular weight excluding hydrogens is 1570 g/mol. The average molecular weight is 1680 g/mol. The number of H-pyrrole nitrogens is 1. The summed E-state index contributed by atoms with van der Waals surface area (Å²) in [5, 5.41) is 82.2. The third-order valence-electron chi connectivity index (χ3n) is 18.6. The number of carboxylic acids is 3. The smallest absolute Gasteiger partial charge is 0.329 e. The normalized spacial score (nSPS) is 20.8. The lowest BCUT2D eigenvalue weighted by Gasteiger charge is -2.30. The summed E-state index contributed by atoms with van der Waals surface area (Å²) in [6.45, 7) is 0.118. The zero-order valence-electron chi connectivity index (χ0n) is 66.2. The van der Waals surface area contributed by atoms with Gasteiger partial charge in [-0.05, 0) is 69.2 Å². The van der Waals surface area contributed by atoms with Crippen LogP contribution in [0.2, 0.25) is 0 Å². The Balaban J connectivity index is 1.89. The number of rotatable bonds is 38. The van der Waals surface area contributed by atoms with Gasteiger partial charge in [-0.15, -0.1) is 0 Å². The molecule has 13 atom stereocenters. The van der Waals surface area contributed by atoms with Crippen LogP contribution in [0.1, 0.15) is 153 Å². The highest BCUT2D eigenvalue weighted by atomic mass is 16.5. The molecule has 0 unspecified atom stereocenters. The van der Waals surface area contributed by atoms with E-state index in [0.717, 1.165) is 52.9 Å². The van der Waals surface area contributed by atoms with E-state index >= 15 is 0 Å². The number of primary amides is 1. The van der Waals surface area contributed by atoms with Crippen LogP contribution in [0.15, 0.2) is 54.7 Å². The van der Waals surface area contributed by atoms with Crippen molar-refractivity contribution in [3.8, 4) is 0 Å². The fraction of sp³-hybridized carbons (Fsp3) is 0.547. The number of carboxylic acid groups (broad SMARTS) is 3. The van der Waals surface area contributed by atoms with E-state index in [1.165, 1.54) is 24.3 Å². The molecule has 1 aromatic heterocycles. The molecule has 26 N–H and O–H groups in total. The molecule has 2 heterocycles. The van der Waals surface area contributed by atoms with Crippen LogP contribution in [-0.4, -0.2) is 261 Å². The van der Waals surface area contributed by atoms with E-state index in [-0.39, 0.29) is 50.0 Å². The van der Waals surface area contributed by atoms with Gasteiger partial charge in [-0.2, -0.15) is 0 Å². The Kier molecular flexibility index (Phi) is 42.0. The number of aromatic amines is 1. The van der Waals surface area contributed by atoms with Crippen LogP contribution in [0.4, 0.5) is 5.69 Å². The van der Waals surface area contributed by atoms with Crippen molar-refractivity contribution in [2.75, 3.05) is 45.1 Å². The van der Waals surface area contributed by atoms with E-state index in [0.29, 0.717) is 29.3 Å². The number of aliphatic carboxylic acids is 3. The van der Waals surface area contributed by atoms with Crippen molar-refractivity contribution in [1.29, 1.82) is 0 Å². The number of hydrogen-bond acceptors (Lipinski definition) is 25. The number of Topliss-reactive ketones (excluding diaryl/α,β-unsaturated/α-hetero) is 1. The highest BCUT2D eigenvalue weighted by Gasteiger charge is 2.41. The van der Waals surface area contributed by atoms with Gasteiger partial charge >= 0.3 is 23.9 Å². The molecule has 119 heavy (non-hydrogen) atoms. The number of carbonyl (C=O) groups is 20. The highest BCUT2D eigenvalue weighted by molar-refractivity contribution is 6.05. The topological polar surface area (TPSA) is 714 Å². The average Bonchev–Trinajstić information content (AvgIpc) is 1.66. The molecule has 654 valence electrons. The van der Waals surface area contributed by atoms with Crippen molar-refractivity contribution in [3.05, 3.63) is 65.9 Å². The van der Waals surface area contributed by atoms with Crippen LogP contribution in [0.3, 0.4) is 0 Å². The second-order valence-corrected chi connectivity index (χ2v) is 28.3. The molecule has 0 aliphatic carbocycles. The van der Waals surface area contributed by atoms with Crippen LogP contribution in [-0.2, 0) is 102 Å². The van der Waals surface area contributed by atoms with Gasteiger partial charge in [0.15, 0.2) is 5.78 Å². The quantitative estimate of drug-likeness (QED) is 0.0110. The first kappa shape index (κ1) is 98.6. The van der Waals surface area contributed by atoms with Crippen molar-refractivity contribution in [2.45, 2.75) is 216 Å². The number of hydrogen-bond donors (Lipinski definition) is 23.